The minimum Gasteiger partial charge on any atom is -0.353 e. The molecule has 0 aliphatic carbocycles. The van der Waals surface area contributed by atoms with E-state index in [1.165, 1.54) is 22.4 Å². The zero-order chi connectivity index (χ0) is 22.6. The molecule has 1 saturated heterocycles. The van der Waals surface area contributed by atoms with Gasteiger partial charge in [-0.2, -0.15) is 5.10 Å². The molecule has 5 heterocycles. The Morgan fingerprint density at radius 2 is 1.94 bits per heavy atom. The molecule has 5 rings (SSSR count). The Labute approximate surface area is 189 Å². The summed E-state index contributed by atoms with van der Waals surface area (Å²) in [4.78, 5) is 18.1. The highest BCUT2D eigenvalue weighted by Crippen LogP contribution is 2.38. The second-order valence-electron chi connectivity index (χ2n) is 9.78. The van der Waals surface area contributed by atoms with Gasteiger partial charge in [0.05, 0.1) is 16.7 Å². The highest BCUT2D eigenvalue weighted by Gasteiger charge is 2.30. The van der Waals surface area contributed by atoms with Crippen LogP contribution in [0.4, 0.5) is 0 Å². The first kappa shape index (κ1) is 21.1. The van der Waals surface area contributed by atoms with Crippen LogP contribution in [0.5, 0.6) is 0 Å². The summed E-state index contributed by atoms with van der Waals surface area (Å²) in [6.45, 7) is 13.2. The number of H-pyrrole nitrogens is 1. The van der Waals surface area contributed by atoms with E-state index in [0.717, 1.165) is 54.1 Å². The van der Waals surface area contributed by atoms with Crippen LogP contribution in [0.1, 0.15) is 48.1 Å². The number of likely N-dealkylation sites (tertiary alicyclic amines) is 1. The maximum atomic E-state index is 5.20. The van der Waals surface area contributed by atoms with Gasteiger partial charge in [0.15, 0.2) is 5.65 Å². The SMILES string of the molecule is Cc1c(-c2[nH]c3ccc(C4CN(CCN(C)C)C4)nc3c2C(C)C)cn2ncnc2c1C. The fraction of sp³-hybridized carbons (Fsp3) is 0.480. The third-order valence-electron chi connectivity index (χ3n) is 6.91. The van der Waals surface area contributed by atoms with Gasteiger partial charge in [-0.05, 0) is 57.1 Å². The Morgan fingerprint density at radius 1 is 1.16 bits per heavy atom. The molecule has 32 heavy (non-hydrogen) atoms. The number of aromatic amines is 1. The number of pyridine rings is 2. The maximum absolute atomic E-state index is 5.20. The van der Waals surface area contributed by atoms with Crippen LogP contribution in [0.2, 0.25) is 0 Å². The number of nitrogens with zero attached hydrogens (tertiary/aromatic N) is 6. The smallest absolute Gasteiger partial charge is 0.158 e. The molecular weight excluding hydrogens is 398 g/mol. The Bertz CT molecular complexity index is 1270. The minimum absolute atomic E-state index is 0.352. The highest BCUT2D eigenvalue weighted by molar-refractivity contribution is 5.89. The molecule has 0 aromatic carbocycles. The summed E-state index contributed by atoms with van der Waals surface area (Å²) in [6.07, 6.45) is 3.71. The van der Waals surface area contributed by atoms with Crippen molar-refractivity contribution in [2.45, 2.75) is 39.5 Å². The number of hydrogen-bond donors (Lipinski definition) is 1. The highest BCUT2D eigenvalue weighted by atomic mass is 15.3. The summed E-state index contributed by atoms with van der Waals surface area (Å²) < 4.78 is 1.88. The molecule has 0 saturated carbocycles. The molecule has 7 heteroatoms. The molecule has 1 N–H and O–H groups in total. The number of aryl methyl sites for hydroxylation is 1. The normalized spacial score (nSPS) is 15.5. The summed E-state index contributed by atoms with van der Waals surface area (Å²) in [7, 11) is 4.26. The van der Waals surface area contributed by atoms with E-state index in [-0.39, 0.29) is 0 Å². The lowest BCUT2D eigenvalue weighted by atomic mass is 9.93. The zero-order valence-electron chi connectivity index (χ0n) is 20.0. The topological polar surface area (TPSA) is 65.4 Å². The van der Waals surface area contributed by atoms with Crippen molar-refractivity contribution >= 4 is 16.7 Å². The van der Waals surface area contributed by atoms with E-state index < -0.39 is 0 Å². The third-order valence-corrected chi connectivity index (χ3v) is 6.91. The lowest BCUT2D eigenvalue weighted by Crippen LogP contribution is -2.47. The number of hydrogen-bond acceptors (Lipinski definition) is 5. The van der Waals surface area contributed by atoms with Gasteiger partial charge in [0.1, 0.15) is 6.33 Å². The van der Waals surface area contributed by atoms with Crippen molar-refractivity contribution in [2.75, 3.05) is 40.3 Å². The molecule has 0 amide bonds. The second kappa shape index (κ2) is 7.98. The number of rotatable bonds is 6. The van der Waals surface area contributed by atoms with Crippen molar-refractivity contribution in [2.24, 2.45) is 0 Å². The summed E-state index contributed by atoms with van der Waals surface area (Å²) in [5, 5.41) is 4.39. The van der Waals surface area contributed by atoms with E-state index in [1.807, 2.05) is 4.52 Å². The van der Waals surface area contributed by atoms with E-state index in [0.29, 0.717) is 11.8 Å². The molecule has 0 atom stereocenters. The summed E-state index contributed by atoms with van der Waals surface area (Å²) in [5.41, 5.74) is 10.3. The number of fused-ring (bicyclic) bond motifs is 2. The molecular formula is C25H33N7. The third kappa shape index (κ3) is 3.49. The van der Waals surface area contributed by atoms with Crippen molar-refractivity contribution in [3.05, 3.63) is 47.0 Å². The molecule has 1 aliphatic heterocycles. The van der Waals surface area contributed by atoms with Crippen molar-refractivity contribution in [1.29, 1.82) is 0 Å². The molecule has 4 aromatic rings. The standard InChI is InChI=1S/C25H33N7/c1-15(2)22-23(19-13-32-25(26-14-27-32)17(4)16(19)3)29-21-8-7-20(28-24(21)22)18-11-31(12-18)10-9-30(5)6/h7-8,13-15,18,29H,9-12H2,1-6H3. The molecule has 1 aliphatic rings. The fourth-order valence-electron chi connectivity index (χ4n) is 4.84. The van der Waals surface area contributed by atoms with E-state index in [9.17, 15) is 0 Å². The Morgan fingerprint density at radius 3 is 2.66 bits per heavy atom. The van der Waals surface area contributed by atoms with Gasteiger partial charge in [-0.3, -0.25) is 4.98 Å². The molecule has 1 fully saturated rings. The molecule has 0 radical (unpaired) electrons. The predicted octanol–water partition coefficient (Wildman–Crippen LogP) is 3.97. The van der Waals surface area contributed by atoms with Crippen LogP contribution in [0.25, 0.3) is 27.9 Å². The average molecular weight is 432 g/mol. The van der Waals surface area contributed by atoms with Crippen LogP contribution in [0.3, 0.4) is 0 Å². The van der Waals surface area contributed by atoms with Crippen molar-refractivity contribution < 1.29 is 0 Å². The van der Waals surface area contributed by atoms with Gasteiger partial charge in [0.25, 0.3) is 0 Å². The molecule has 0 spiro atoms. The molecule has 168 valence electrons. The fourth-order valence-corrected chi connectivity index (χ4v) is 4.84. The summed E-state index contributed by atoms with van der Waals surface area (Å²) in [5.74, 6) is 0.876. The van der Waals surface area contributed by atoms with Gasteiger partial charge < -0.3 is 14.8 Å². The number of likely N-dealkylation sites (N-methyl/N-ethyl adjacent to an activating group) is 1. The first-order chi connectivity index (χ1) is 15.3. The largest absolute Gasteiger partial charge is 0.353 e. The van der Waals surface area contributed by atoms with Gasteiger partial charge >= 0.3 is 0 Å². The van der Waals surface area contributed by atoms with Gasteiger partial charge in [-0.1, -0.05) is 13.8 Å². The Hall–Kier alpha value is -2.77. The van der Waals surface area contributed by atoms with Crippen molar-refractivity contribution in [1.82, 2.24) is 34.4 Å². The van der Waals surface area contributed by atoms with Crippen LogP contribution in [-0.2, 0) is 0 Å². The van der Waals surface area contributed by atoms with E-state index >= 15 is 0 Å². The number of aromatic nitrogens is 5. The maximum Gasteiger partial charge on any atom is 0.158 e. The summed E-state index contributed by atoms with van der Waals surface area (Å²) in [6, 6.07) is 4.42. The average Bonchev–Trinajstić information content (AvgIpc) is 3.33. The molecule has 0 unspecified atom stereocenters. The Kier molecular flexibility index (Phi) is 5.26. The van der Waals surface area contributed by atoms with Crippen molar-refractivity contribution in [3.63, 3.8) is 0 Å². The first-order valence-electron chi connectivity index (χ1n) is 11.5. The van der Waals surface area contributed by atoms with Crippen LogP contribution in [-0.4, -0.2) is 74.6 Å². The minimum atomic E-state index is 0.352. The first-order valence-corrected chi connectivity index (χ1v) is 11.5. The predicted molar refractivity (Wildman–Crippen MR) is 129 cm³/mol. The Balaban J connectivity index is 1.53. The lowest BCUT2D eigenvalue weighted by Gasteiger charge is -2.39. The van der Waals surface area contributed by atoms with Gasteiger partial charge in [0, 0.05) is 55.1 Å². The van der Waals surface area contributed by atoms with Gasteiger partial charge in [-0.15, -0.1) is 0 Å². The van der Waals surface area contributed by atoms with Crippen LogP contribution >= 0.6 is 0 Å². The monoisotopic (exact) mass is 431 g/mol. The van der Waals surface area contributed by atoms with E-state index in [2.05, 4.69) is 85.0 Å². The number of nitrogens with one attached hydrogen (secondary N) is 1. The summed E-state index contributed by atoms with van der Waals surface area (Å²) >= 11 is 0. The van der Waals surface area contributed by atoms with Crippen LogP contribution in [0.15, 0.2) is 24.7 Å². The van der Waals surface area contributed by atoms with Gasteiger partial charge in [0.2, 0.25) is 0 Å². The molecule has 0 bridgehead atoms. The zero-order valence-corrected chi connectivity index (χ0v) is 20.0. The van der Waals surface area contributed by atoms with Crippen molar-refractivity contribution in [3.8, 4) is 11.3 Å². The van der Waals surface area contributed by atoms with Crippen LogP contribution < -0.4 is 0 Å². The second-order valence-corrected chi connectivity index (χ2v) is 9.78. The molecule has 4 aromatic heterocycles. The van der Waals surface area contributed by atoms with Crippen LogP contribution in [0, 0.1) is 13.8 Å². The van der Waals surface area contributed by atoms with Gasteiger partial charge in [-0.25, -0.2) is 9.50 Å². The quantitative estimate of drug-likeness (QED) is 0.500. The molecule has 7 nitrogen and oxygen atoms in total. The van der Waals surface area contributed by atoms with E-state index in [1.54, 1.807) is 6.33 Å². The lowest BCUT2D eigenvalue weighted by molar-refractivity contribution is 0.134. The van der Waals surface area contributed by atoms with E-state index in [4.69, 9.17) is 4.98 Å².